The lowest BCUT2D eigenvalue weighted by molar-refractivity contribution is 0.0769. The van der Waals surface area contributed by atoms with Crippen molar-refractivity contribution >= 4 is 5.91 Å². The molecule has 3 aromatic rings. The fraction of sp³-hybridized carbons (Fsp3) is 0.333. The number of rotatable bonds is 4. The monoisotopic (exact) mass is 349 g/mol. The standard InChI is InChI=1S/C21H23N3O2/c1-23(15-17-11-8-14-26-17)21(25)19-18-12-6-3-7-13-24(18)20(22-19)16-9-4-2-5-10-16/h2,4-5,8-11,14H,3,6-7,12-13,15H2,1H3. The quantitative estimate of drug-likeness (QED) is 0.711. The highest BCUT2D eigenvalue weighted by Crippen LogP contribution is 2.28. The molecule has 1 aliphatic rings. The highest BCUT2D eigenvalue weighted by molar-refractivity contribution is 5.94. The lowest BCUT2D eigenvalue weighted by Crippen LogP contribution is -2.27. The van der Waals surface area contributed by atoms with Gasteiger partial charge in [0.05, 0.1) is 18.5 Å². The summed E-state index contributed by atoms with van der Waals surface area (Å²) in [6.07, 6.45) is 5.94. The van der Waals surface area contributed by atoms with Gasteiger partial charge in [-0.15, -0.1) is 0 Å². The number of furan rings is 1. The largest absolute Gasteiger partial charge is 0.467 e. The topological polar surface area (TPSA) is 51.3 Å². The number of fused-ring (bicyclic) bond motifs is 1. The first kappa shape index (κ1) is 16.6. The normalized spacial score (nSPS) is 13.9. The average molecular weight is 349 g/mol. The third-order valence-corrected chi connectivity index (χ3v) is 4.92. The van der Waals surface area contributed by atoms with Crippen molar-refractivity contribution in [2.45, 2.75) is 38.8 Å². The first-order valence-electron chi connectivity index (χ1n) is 9.16. The number of aromatic nitrogens is 2. The number of hydrogen-bond acceptors (Lipinski definition) is 3. The van der Waals surface area contributed by atoms with Crippen molar-refractivity contribution in [1.82, 2.24) is 14.5 Å². The number of hydrogen-bond donors (Lipinski definition) is 0. The van der Waals surface area contributed by atoms with Crippen molar-refractivity contribution in [2.75, 3.05) is 7.05 Å². The second-order valence-electron chi connectivity index (χ2n) is 6.80. The van der Waals surface area contributed by atoms with Crippen molar-refractivity contribution in [3.63, 3.8) is 0 Å². The SMILES string of the molecule is CN(Cc1ccco1)C(=O)c1nc(-c2ccccc2)n2c1CCCCC2. The average Bonchev–Trinajstić information content (AvgIpc) is 3.23. The summed E-state index contributed by atoms with van der Waals surface area (Å²) in [6, 6.07) is 13.9. The molecular formula is C21H23N3O2. The molecule has 1 amide bonds. The van der Waals surface area contributed by atoms with Crippen LogP contribution in [0.3, 0.4) is 0 Å². The minimum absolute atomic E-state index is 0.0470. The Morgan fingerprint density at radius 1 is 1.15 bits per heavy atom. The van der Waals surface area contributed by atoms with Gasteiger partial charge in [0.15, 0.2) is 0 Å². The van der Waals surface area contributed by atoms with Crippen LogP contribution in [0.5, 0.6) is 0 Å². The van der Waals surface area contributed by atoms with Crippen molar-refractivity contribution in [3.05, 3.63) is 65.9 Å². The molecule has 1 aliphatic heterocycles. The molecule has 0 unspecified atom stereocenters. The van der Waals surface area contributed by atoms with E-state index in [-0.39, 0.29) is 5.91 Å². The van der Waals surface area contributed by atoms with Gasteiger partial charge in [-0.25, -0.2) is 4.98 Å². The van der Waals surface area contributed by atoms with Crippen LogP contribution >= 0.6 is 0 Å². The zero-order chi connectivity index (χ0) is 17.9. The van der Waals surface area contributed by atoms with Crippen molar-refractivity contribution < 1.29 is 9.21 Å². The smallest absolute Gasteiger partial charge is 0.274 e. The number of imidazole rings is 1. The van der Waals surface area contributed by atoms with E-state index in [0.29, 0.717) is 12.2 Å². The van der Waals surface area contributed by atoms with Gasteiger partial charge in [-0.1, -0.05) is 36.8 Å². The fourth-order valence-electron chi connectivity index (χ4n) is 3.59. The number of amides is 1. The summed E-state index contributed by atoms with van der Waals surface area (Å²) in [5.74, 6) is 1.63. The first-order chi connectivity index (χ1) is 12.7. The number of carbonyl (C=O) groups excluding carboxylic acids is 1. The predicted octanol–water partition coefficient (Wildman–Crippen LogP) is 4.14. The molecule has 0 bridgehead atoms. The van der Waals surface area contributed by atoms with Crippen molar-refractivity contribution in [1.29, 1.82) is 0 Å². The van der Waals surface area contributed by atoms with Crippen molar-refractivity contribution in [2.24, 2.45) is 0 Å². The Morgan fingerprint density at radius 2 is 2.00 bits per heavy atom. The van der Waals surface area contributed by atoms with Crippen LogP contribution in [0.15, 0.2) is 53.1 Å². The van der Waals surface area contributed by atoms with Crippen LogP contribution in [0.2, 0.25) is 0 Å². The molecule has 26 heavy (non-hydrogen) atoms. The predicted molar refractivity (Wildman–Crippen MR) is 99.7 cm³/mol. The zero-order valence-electron chi connectivity index (χ0n) is 15.0. The fourth-order valence-corrected chi connectivity index (χ4v) is 3.59. The maximum absolute atomic E-state index is 13.1. The van der Waals surface area contributed by atoms with Crippen LogP contribution in [0, 0.1) is 0 Å². The van der Waals surface area contributed by atoms with Crippen LogP contribution in [0.1, 0.15) is 41.2 Å². The molecule has 0 radical (unpaired) electrons. The molecule has 0 saturated carbocycles. The Hall–Kier alpha value is -2.82. The van der Waals surface area contributed by atoms with E-state index in [9.17, 15) is 4.79 Å². The summed E-state index contributed by atoms with van der Waals surface area (Å²) in [5, 5.41) is 0. The van der Waals surface area contributed by atoms with Gasteiger partial charge in [-0.3, -0.25) is 4.79 Å². The maximum Gasteiger partial charge on any atom is 0.274 e. The second kappa shape index (κ2) is 7.20. The summed E-state index contributed by atoms with van der Waals surface area (Å²) in [6.45, 7) is 1.36. The van der Waals surface area contributed by atoms with Gasteiger partial charge in [0.25, 0.3) is 5.91 Å². The van der Waals surface area contributed by atoms with Gasteiger partial charge < -0.3 is 13.9 Å². The molecule has 4 rings (SSSR count). The van der Waals surface area contributed by atoms with E-state index >= 15 is 0 Å². The Kier molecular flexibility index (Phi) is 4.61. The minimum atomic E-state index is -0.0470. The van der Waals surface area contributed by atoms with Gasteiger partial charge in [0.1, 0.15) is 17.3 Å². The molecule has 0 fully saturated rings. The van der Waals surface area contributed by atoms with E-state index in [1.807, 2.05) is 30.3 Å². The molecule has 0 atom stereocenters. The molecule has 0 saturated heterocycles. The van der Waals surface area contributed by atoms with E-state index in [1.165, 1.54) is 6.42 Å². The molecule has 2 aromatic heterocycles. The van der Waals surface area contributed by atoms with Crippen LogP contribution in [-0.2, 0) is 19.5 Å². The Morgan fingerprint density at radius 3 is 2.77 bits per heavy atom. The molecule has 5 heteroatoms. The molecule has 3 heterocycles. The summed E-state index contributed by atoms with van der Waals surface area (Å²) in [7, 11) is 1.80. The molecule has 5 nitrogen and oxygen atoms in total. The second-order valence-corrected chi connectivity index (χ2v) is 6.80. The van der Waals surface area contributed by atoms with Gasteiger partial charge in [0, 0.05) is 19.2 Å². The summed E-state index contributed by atoms with van der Waals surface area (Å²) in [5.41, 5.74) is 2.71. The van der Waals surface area contributed by atoms with Crippen LogP contribution < -0.4 is 0 Å². The molecule has 1 aromatic carbocycles. The number of carbonyl (C=O) groups is 1. The number of benzene rings is 1. The third kappa shape index (κ3) is 3.17. The van der Waals surface area contributed by atoms with E-state index in [4.69, 9.17) is 9.40 Å². The summed E-state index contributed by atoms with van der Waals surface area (Å²) in [4.78, 5) is 19.6. The van der Waals surface area contributed by atoms with Crippen LogP contribution in [0.25, 0.3) is 11.4 Å². The molecule has 134 valence electrons. The minimum Gasteiger partial charge on any atom is -0.467 e. The molecule has 0 spiro atoms. The maximum atomic E-state index is 13.1. The molecular weight excluding hydrogens is 326 g/mol. The first-order valence-corrected chi connectivity index (χ1v) is 9.16. The lowest BCUT2D eigenvalue weighted by atomic mass is 10.1. The van der Waals surface area contributed by atoms with Gasteiger partial charge in [-0.05, 0) is 31.4 Å². The van der Waals surface area contributed by atoms with E-state index in [1.54, 1.807) is 18.2 Å². The Bertz CT molecular complexity index is 882. The van der Waals surface area contributed by atoms with Crippen molar-refractivity contribution in [3.8, 4) is 11.4 Å². The van der Waals surface area contributed by atoms with Gasteiger partial charge in [0.2, 0.25) is 0 Å². The van der Waals surface area contributed by atoms with E-state index in [2.05, 4.69) is 16.7 Å². The Labute approximate surface area is 153 Å². The summed E-state index contributed by atoms with van der Waals surface area (Å²) < 4.78 is 7.62. The highest BCUT2D eigenvalue weighted by atomic mass is 16.3. The zero-order valence-corrected chi connectivity index (χ0v) is 15.0. The van der Waals surface area contributed by atoms with E-state index < -0.39 is 0 Å². The molecule has 0 N–H and O–H groups in total. The number of nitrogens with zero attached hydrogens (tertiary/aromatic N) is 3. The highest BCUT2D eigenvalue weighted by Gasteiger charge is 2.26. The van der Waals surface area contributed by atoms with Crippen LogP contribution in [-0.4, -0.2) is 27.4 Å². The summed E-state index contributed by atoms with van der Waals surface area (Å²) >= 11 is 0. The lowest BCUT2D eigenvalue weighted by Gasteiger charge is -2.15. The van der Waals surface area contributed by atoms with Gasteiger partial charge >= 0.3 is 0 Å². The Balaban J connectivity index is 1.71. The van der Waals surface area contributed by atoms with Gasteiger partial charge in [-0.2, -0.15) is 0 Å². The van der Waals surface area contributed by atoms with Crippen LogP contribution in [0.4, 0.5) is 0 Å². The van der Waals surface area contributed by atoms with E-state index in [0.717, 1.165) is 48.6 Å². The third-order valence-electron chi connectivity index (χ3n) is 4.92. The molecule has 0 aliphatic carbocycles.